The standard InChI is InChI=1S/C24H30N8O2/c1-16-13-17(2)27-23(26-16)31-10-7-24(8-11-31)22(33)32(12-9-25-24)15-20-21(29-30-28-20)18-5-4-6-19(14-18)34-3/h4-6,13-14,25H,7-12,15H2,1-3H3,(H,28,29,30). The van der Waals surface area contributed by atoms with E-state index in [0.717, 1.165) is 59.7 Å². The van der Waals surface area contributed by atoms with Gasteiger partial charge in [-0.25, -0.2) is 9.97 Å². The van der Waals surface area contributed by atoms with Gasteiger partial charge in [0.15, 0.2) is 0 Å². The number of rotatable bonds is 5. The maximum Gasteiger partial charge on any atom is 0.243 e. The highest BCUT2D eigenvalue weighted by molar-refractivity contribution is 5.87. The number of carbonyl (C=O) groups is 1. The van der Waals surface area contributed by atoms with Crippen molar-refractivity contribution < 1.29 is 9.53 Å². The van der Waals surface area contributed by atoms with Gasteiger partial charge in [-0.2, -0.15) is 15.4 Å². The largest absolute Gasteiger partial charge is 0.497 e. The molecule has 2 fully saturated rings. The number of H-pyrrole nitrogens is 1. The highest BCUT2D eigenvalue weighted by Crippen LogP contribution is 2.31. The third-order valence-corrected chi connectivity index (χ3v) is 6.72. The van der Waals surface area contributed by atoms with Crippen LogP contribution in [0.15, 0.2) is 30.3 Å². The second-order valence-electron chi connectivity index (χ2n) is 9.02. The number of hydrogen-bond acceptors (Lipinski definition) is 8. The van der Waals surface area contributed by atoms with E-state index >= 15 is 0 Å². The predicted molar refractivity (Wildman–Crippen MR) is 127 cm³/mol. The van der Waals surface area contributed by atoms with Crippen LogP contribution in [0, 0.1) is 13.8 Å². The number of amides is 1. The summed E-state index contributed by atoms with van der Waals surface area (Å²) in [5.41, 5.74) is 3.75. The fraction of sp³-hybridized carbons (Fsp3) is 0.458. The SMILES string of the molecule is COc1cccc(-c2n[nH]nc2CN2CCNC3(CCN(c4nc(C)cc(C)n4)CC3)C2=O)c1. The van der Waals surface area contributed by atoms with Crippen molar-refractivity contribution in [3.05, 3.63) is 47.4 Å². The Hall–Kier alpha value is -3.53. The molecule has 0 radical (unpaired) electrons. The molecule has 0 bridgehead atoms. The molecule has 0 aliphatic carbocycles. The second kappa shape index (κ2) is 9.02. The number of benzene rings is 1. The number of carbonyl (C=O) groups excluding carboxylic acids is 1. The van der Waals surface area contributed by atoms with Gasteiger partial charge in [-0.15, -0.1) is 0 Å². The Kier molecular flexibility index (Phi) is 5.91. The molecule has 10 nitrogen and oxygen atoms in total. The third-order valence-electron chi connectivity index (χ3n) is 6.72. The fourth-order valence-electron chi connectivity index (χ4n) is 4.93. The van der Waals surface area contributed by atoms with Gasteiger partial charge in [0, 0.05) is 43.1 Å². The Morgan fingerprint density at radius 3 is 2.56 bits per heavy atom. The molecule has 1 spiro atoms. The number of piperazine rings is 1. The first kappa shape index (κ1) is 22.3. The van der Waals surface area contributed by atoms with Crippen molar-refractivity contribution in [3.63, 3.8) is 0 Å². The molecule has 2 saturated heterocycles. The molecule has 0 saturated carbocycles. The average molecular weight is 463 g/mol. The van der Waals surface area contributed by atoms with E-state index < -0.39 is 5.54 Å². The zero-order valence-electron chi connectivity index (χ0n) is 19.8. The average Bonchev–Trinajstić information content (AvgIpc) is 3.30. The Balaban J connectivity index is 1.30. The van der Waals surface area contributed by atoms with E-state index in [1.807, 2.05) is 49.1 Å². The Labute approximate surface area is 198 Å². The summed E-state index contributed by atoms with van der Waals surface area (Å²) in [6, 6.07) is 9.68. The summed E-state index contributed by atoms with van der Waals surface area (Å²) in [5, 5.41) is 15.0. The molecule has 2 aliphatic rings. The second-order valence-corrected chi connectivity index (χ2v) is 9.02. The van der Waals surface area contributed by atoms with Crippen LogP contribution in [-0.2, 0) is 11.3 Å². The van der Waals surface area contributed by atoms with Crippen molar-refractivity contribution in [2.75, 3.05) is 38.2 Å². The van der Waals surface area contributed by atoms with Gasteiger partial charge < -0.3 is 19.9 Å². The van der Waals surface area contributed by atoms with Crippen LogP contribution in [-0.4, -0.2) is 75.0 Å². The summed E-state index contributed by atoms with van der Waals surface area (Å²) in [4.78, 5) is 26.9. The molecule has 0 unspecified atom stereocenters. The van der Waals surface area contributed by atoms with Crippen LogP contribution in [0.4, 0.5) is 5.95 Å². The first-order chi connectivity index (χ1) is 16.5. The van der Waals surface area contributed by atoms with Crippen molar-refractivity contribution in [2.45, 2.75) is 38.8 Å². The number of nitrogens with zero attached hydrogens (tertiary/aromatic N) is 6. The van der Waals surface area contributed by atoms with Gasteiger partial charge in [0.1, 0.15) is 22.7 Å². The molecule has 2 N–H and O–H groups in total. The van der Waals surface area contributed by atoms with Gasteiger partial charge in [-0.1, -0.05) is 12.1 Å². The van der Waals surface area contributed by atoms with Gasteiger partial charge in [-0.3, -0.25) is 4.79 Å². The Bertz CT molecular complexity index is 1160. The third kappa shape index (κ3) is 4.21. The number of methoxy groups -OCH3 is 1. The monoisotopic (exact) mass is 462 g/mol. The van der Waals surface area contributed by atoms with E-state index in [2.05, 4.69) is 35.6 Å². The maximum absolute atomic E-state index is 13.7. The predicted octanol–water partition coefficient (Wildman–Crippen LogP) is 1.86. The van der Waals surface area contributed by atoms with E-state index in [1.165, 1.54) is 0 Å². The Morgan fingerprint density at radius 2 is 1.82 bits per heavy atom. The lowest BCUT2D eigenvalue weighted by Crippen LogP contribution is -2.67. The molecule has 5 rings (SSSR count). The van der Waals surface area contributed by atoms with Gasteiger partial charge in [0.25, 0.3) is 0 Å². The highest BCUT2D eigenvalue weighted by atomic mass is 16.5. The number of nitrogens with one attached hydrogen (secondary N) is 2. The molecule has 1 amide bonds. The minimum absolute atomic E-state index is 0.124. The Morgan fingerprint density at radius 1 is 1.06 bits per heavy atom. The van der Waals surface area contributed by atoms with Crippen molar-refractivity contribution in [1.29, 1.82) is 0 Å². The van der Waals surface area contributed by atoms with Crippen LogP contribution in [0.3, 0.4) is 0 Å². The number of ether oxygens (including phenoxy) is 1. The van der Waals surface area contributed by atoms with Crippen molar-refractivity contribution in [1.82, 2.24) is 35.6 Å². The molecule has 3 aromatic rings. The van der Waals surface area contributed by atoms with Gasteiger partial charge >= 0.3 is 0 Å². The quantitative estimate of drug-likeness (QED) is 0.591. The molecule has 2 aliphatic heterocycles. The first-order valence-electron chi connectivity index (χ1n) is 11.6. The molecular weight excluding hydrogens is 432 g/mol. The molecule has 4 heterocycles. The number of aromatic nitrogens is 5. The van der Waals surface area contributed by atoms with Crippen molar-refractivity contribution in [3.8, 4) is 17.0 Å². The van der Waals surface area contributed by atoms with Crippen molar-refractivity contribution >= 4 is 11.9 Å². The first-order valence-corrected chi connectivity index (χ1v) is 11.6. The van der Waals surface area contributed by atoms with Crippen LogP contribution >= 0.6 is 0 Å². The normalized spacial score (nSPS) is 17.9. The molecule has 10 heteroatoms. The van der Waals surface area contributed by atoms with Crippen LogP contribution < -0.4 is 15.0 Å². The smallest absolute Gasteiger partial charge is 0.243 e. The van der Waals surface area contributed by atoms with E-state index in [-0.39, 0.29) is 5.91 Å². The van der Waals surface area contributed by atoms with Crippen LogP contribution in [0.1, 0.15) is 29.9 Å². The number of anilines is 1. The van der Waals surface area contributed by atoms with Crippen LogP contribution in [0.2, 0.25) is 0 Å². The molecular formula is C24H30N8O2. The zero-order chi connectivity index (χ0) is 23.7. The van der Waals surface area contributed by atoms with Crippen LogP contribution in [0.25, 0.3) is 11.3 Å². The topological polar surface area (TPSA) is 112 Å². The van der Waals surface area contributed by atoms with Gasteiger partial charge in [-0.05, 0) is 44.9 Å². The summed E-state index contributed by atoms with van der Waals surface area (Å²) in [7, 11) is 1.64. The summed E-state index contributed by atoms with van der Waals surface area (Å²) < 4.78 is 5.34. The zero-order valence-corrected chi connectivity index (χ0v) is 19.8. The number of hydrogen-bond donors (Lipinski definition) is 2. The summed E-state index contributed by atoms with van der Waals surface area (Å²) in [6.07, 6.45) is 1.42. The highest BCUT2D eigenvalue weighted by Gasteiger charge is 2.46. The lowest BCUT2D eigenvalue weighted by atomic mass is 9.84. The van der Waals surface area contributed by atoms with E-state index in [4.69, 9.17) is 4.74 Å². The summed E-state index contributed by atoms with van der Waals surface area (Å²) >= 11 is 0. The van der Waals surface area contributed by atoms with E-state index in [9.17, 15) is 4.79 Å². The van der Waals surface area contributed by atoms with Gasteiger partial charge in [0.2, 0.25) is 11.9 Å². The molecule has 1 aromatic carbocycles. The van der Waals surface area contributed by atoms with Crippen molar-refractivity contribution in [2.24, 2.45) is 0 Å². The van der Waals surface area contributed by atoms with E-state index in [1.54, 1.807) is 7.11 Å². The summed E-state index contributed by atoms with van der Waals surface area (Å²) in [5.74, 6) is 1.63. The molecule has 178 valence electrons. The minimum atomic E-state index is -0.562. The van der Waals surface area contributed by atoms with Crippen LogP contribution in [0.5, 0.6) is 5.75 Å². The lowest BCUT2D eigenvalue weighted by Gasteiger charge is -2.46. The summed E-state index contributed by atoms with van der Waals surface area (Å²) in [6.45, 7) is 7.22. The van der Waals surface area contributed by atoms with E-state index in [0.29, 0.717) is 25.9 Å². The molecule has 2 aromatic heterocycles. The molecule has 34 heavy (non-hydrogen) atoms. The van der Waals surface area contributed by atoms with Gasteiger partial charge in [0.05, 0.1) is 13.7 Å². The number of piperidine rings is 1. The number of aryl methyl sites for hydroxylation is 2. The fourth-order valence-corrected chi connectivity index (χ4v) is 4.93. The maximum atomic E-state index is 13.7. The number of aromatic amines is 1. The minimum Gasteiger partial charge on any atom is -0.497 e. The molecule has 0 atom stereocenters. The lowest BCUT2D eigenvalue weighted by molar-refractivity contribution is -0.143.